The van der Waals surface area contributed by atoms with Gasteiger partial charge < -0.3 is 30.2 Å². The number of nitrogens with one attached hydrogen (secondary N) is 1. The number of fused-ring (bicyclic) bond motifs is 2. The van der Waals surface area contributed by atoms with Gasteiger partial charge in [-0.15, -0.1) is 0 Å². The first-order chi connectivity index (χ1) is 19.6. The molecule has 1 aromatic carbocycles. The molecule has 0 spiro atoms. The number of imidazole rings is 1. The number of aromatic nitrogens is 5. The van der Waals surface area contributed by atoms with E-state index < -0.39 is 24.4 Å². The second kappa shape index (κ2) is 11.0. The Bertz CT molecular complexity index is 1500. The van der Waals surface area contributed by atoms with Gasteiger partial charge in [-0.05, 0) is 60.9 Å². The van der Waals surface area contributed by atoms with Gasteiger partial charge in [-0.1, -0.05) is 33.8 Å². The van der Waals surface area contributed by atoms with Crippen LogP contribution in [-0.4, -0.2) is 83.2 Å². The van der Waals surface area contributed by atoms with Crippen molar-refractivity contribution in [2.24, 2.45) is 5.92 Å². The van der Waals surface area contributed by atoms with E-state index in [2.05, 4.69) is 65.7 Å². The van der Waals surface area contributed by atoms with Gasteiger partial charge in [0.2, 0.25) is 0 Å². The number of aliphatic hydroxyl groups is 2. The zero-order valence-electron chi connectivity index (χ0n) is 24.5. The number of anilines is 1. The van der Waals surface area contributed by atoms with Crippen molar-refractivity contribution >= 4 is 27.9 Å². The maximum atomic E-state index is 10.8. The van der Waals surface area contributed by atoms with Crippen LogP contribution >= 0.6 is 0 Å². The van der Waals surface area contributed by atoms with Gasteiger partial charge in [-0.25, -0.2) is 15.0 Å². The number of likely N-dealkylation sites (N-methyl/N-ethyl adjacent to an activating group) is 1. The summed E-state index contributed by atoms with van der Waals surface area (Å²) in [4.78, 5) is 19.1. The predicted octanol–water partition coefficient (Wildman–Crippen LogP) is 3.41. The second-order valence-electron chi connectivity index (χ2n) is 12.9. The molecule has 41 heavy (non-hydrogen) atoms. The molecule has 2 aliphatic rings. The van der Waals surface area contributed by atoms with E-state index in [4.69, 9.17) is 15.5 Å². The number of nitrogens with zero attached hydrogens (tertiary/aromatic N) is 5. The SMILES string of the molecule is CCN(C[C@H]1O[C@@H](Cn2ccc3c(N)ncnc32)[C@H](O)[C@@H]1O)C1CC(CCc2nc3ccc(C(C)(C)C)cc3[nH]2)C1. The molecular formula is C31H43N7O3. The van der Waals surface area contributed by atoms with Crippen LogP contribution in [-0.2, 0) is 23.1 Å². The van der Waals surface area contributed by atoms with Crippen molar-refractivity contribution in [3.05, 3.63) is 48.2 Å². The Labute approximate surface area is 240 Å². The lowest BCUT2D eigenvalue weighted by molar-refractivity contribution is -0.0350. The predicted molar refractivity (Wildman–Crippen MR) is 159 cm³/mol. The summed E-state index contributed by atoms with van der Waals surface area (Å²) in [6, 6.07) is 8.87. The molecular weight excluding hydrogens is 518 g/mol. The van der Waals surface area contributed by atoms with Crippen LogP contribution in [0.3, 0.4) is 0 Å². The van der Waals surface area contributed by atoms with Crippen LogP contribution in [0.1, 0.15) is 58.3 Å². The van der Waals surface area contributed by atoms with Crippen molar-refractivity contribution < 1.29 is 14.9 Å². The minimum absolute atomic E-state index is 0.117. The molecule has 1 aliphatic heterocycles. The molecule has 1 saturated carbocycles. The molecule has 0 unspecified atom stereocenters. The van der Waals surface area contributed by atoms with E-state index in [-0.39, 0.29) is 5.41 Å². The van der Waals surface area contributed by atoms with Crippen molar-refractivity contribution in [2.45, 2.75) is 95.8 Å². The summed E-state index contributed by atoms with van der Waals surface area (Å²) in [6.07, 6.45) is 4.76. The summed E-state index contributed by atoms with van der Waals surface area (Å²) in [5, 5.41) is 22.4. The number of nitrogens with two attached hydrogens (primary N) is 1. The van der Waals surface area contributed by atoms with Crippen LogP contribution in [0, 0.1) is 5.92 Å². The summed E-state index contributed by atoms with van der Waals surface area (Å²) in [7, 11) is 0. The molecule has 3 aromatic heterocycles. The van der Waals surface area contributed by atoms with Gasteiger partial charge in [0.25, 0.3) is 0 Å². The van der Waals surface area contributed by atoms with Crippen molar-refractivity contribution in [1.82, 2.24) is 29.4 Å². The number of hydrogen-bond acceptors (Lipinski definition) is 8. The first-order valence-electron chi connectivity index (χ1n) is 14.9. The summed E-state index contributed by atoms with van der Waals surface area (Å²) in [6.45, 7) is 10.7. The largest absolute Gasteiger partial charge is 0.388 e. The fourth-order valence-corrected chi connectivity index (χ4v) is 6.48. The summed E-state index contributed by atoms with van der Waals surface area (Å²) in [5.41, 5.74) is 10.2. The zero-order chi connectivity index (χ0) is 28.9. The van der Waals surface area contributed by atoms with E-state index >= 15 is 0 Å². The summed E-state index contributed by atoms with van der Waals surface area (Å²) >= 11 is 0. The molecule has 6 rings (SSSR count). The van der Waals surface area contributed by atoms with E-state index in [0.717, 1.165) is 54.5 Å². The van der Waals surface area contributed by atoms with E-state index in [9.17, 15) is 10.2 Å². The second-order valence-corrected chi connectivity index (χ2v) is 12.9. The number of benzene rings is 1. The average molecular weight is 562 g/mol. The van der Waals surface area contributed by atoms with Crippen molar-refractivity contribution in [1.29, 1.82) is 0 Å². The third-order valence-electron chi connectivity index (χ3n) is 9.16. The highest BCUT2D eigenvalue weighted by atomic mass is 16.5. The van der Waals surface area contributed by atoms with Crippen LogP contribution < -0.4 is 5.73 Å². The van der Waals surface area contributed by atoms with Crippen LogP contribution in [0.15, 0.2) is 36.8 Å². The van der Waals surface area contributed by atoms with Gasteiger partial charge in [0.1, 0.15) is 41.9 Å². The number of rotatable bonds is 9. The standard InChI is InChI=1S/C31H43N7O3/c1-5-37(15-24-27(39)28(40)25(41-24)16-38-11-10-21-29(32)33-17-34-30(21)38)20-12-18(13-20)6-9-26-35-22-8-7-19(31(2,3)4)14-23(22)36-26/h7-8,10-11,14,17-18,20,24-25,27-28,39-40H,5-6,9,12-13,15-16H2,1-4H3,(H,35,36)(H2,32,33,34)/t18?,20?,24-,25+,27-,28+/m1/s1. The first-order valence-corrected chi connectivity index (χ1v) is 14.9. The fraction of sp³-hybridized carbons (Fsp3) is 0.581. The lowest BCUT2D eigenvalue weighted by atomic mass is 9.76. The number of aliphatic hydroxyl groups excluding tert-OH is 2. The Kier molecular flexibility index (Phi) is 7.52. The van der Waals surface area contributed by atoms with Crippen molar-refractivity contribution in [2.75, 3.05) is 18.8 Å². The minimum atomic E-state index is -0.965. The molecule has 10 nitrogen and oxygen atoms in total. The number of aryl methyl sites for hydroxylation is 1. The van der Waals surface area contributed by atoms with E-state index in [1.165, 1.54) is 11.9 Å². The van der Waals surface area contributed by atoms with E-state index in [0.29, 0.717) is 36.5 Å². The van der Waals surface area contributed by atoms with Gasteiger partial charge in [0, 0.05) is 25.2 Å². The molecule has 220 valence electrons. The number of aromatic amines is 1. The van der Waals surface area contributed by atoms with Crippen LogP contribution in [0.25, 0.3) is 22.1 Å². The topological polar surface area (TPSA) is 138 Å². The fourth-order valence-electron chi connectivity index (χ4n) is 6.48. The number of hydrogen-bond donors (Lipinski definition) is 4. The maximum Gasteiger partial charge on any atom is 0.145 e. The number of nitrogen functional groups attached to an aromatic ring is 1. The number of ether oxygens (including phenoxy) is 1. The molecule has 1 saturated heterocycles. The van der Waals surface area contributed by atoms with Gasteiger partial charge in [0.15, 0.2) is 0 Å². The molecule has 0 radical (unpaired) electrons. The Morgan fingerprint density at radius 1 is 1.12 bits per heavy atom. The van der Waals surface area contributed by atoms with Crippen molar-refractivity contribution in [3.8, 4) is 0 Å². The van der Waals surface area contributed by atoms with Gasteiger partial charge in [0.05, 0.1) is 29.1 Å². The van der Waals surface area contributed by atoms with Gasteiger partial charge >= 0.3 is 0 Å². The third-order valence-corrected chi connectivity index (χ3v) is 9.16. The van der Waals surface area contributed by atoms with Crippen LogP contribution in [0.5, 0.6) is 0 Å². The monoisotopic (exact) mass is 561 g/mol. The molecule has 1 aliphatic carbocycles. The highest BCUT2D eigenvalue weighted by Crippen LogP contribution is 2.36. The van der Waals surface area contributed by atoms with Crippen LogP contribution in [0.2, 0.25) is 0 Å². The van der Waals surface area contributed by atoms with Crippen LogP contribution in [0.4, 0.5) is 5.82 Å². The molecule has 4 aromatic rings. The minimum Gasteiger partial charge on any atom is -0.388 e. The molecule has 10 heteroatoms. The molecule has 5 N–H and O–H groups in total. The average Bonchev–Trinajstić information content (AvgIpc) is 3.59. The maximum absolute atomic E-state index is 10.8. The lowest BCUT2D eigenvalue weighted by Crippen LogP contribution is -2.49. The highest BCUT2D eigenvalue weighted by molar-refractivity contribution is 5.86. The Morgan fingerprint density at radius 3 is 2.66 bits per heavy atom. The highest BCUT2D eigenvalue weighted by Gasteiger charge is 2.44. The van der Waals surface area contributed by atoms with Gasteiger partial charge in [-0.2, -0.15) is 0 Å². The lowest BCUT2D eigenvalue weighted by Gasteiger charge is -2.43. The normalized spacial score (nSPS) is 26.8. The molecule has 4 heterocycles. The molecule has 4 atom stereocenters. The summed E-state index contributed by atoms with van der Waals surface area (Å²) in [5.74, 6) is 2.15. The van der Waals surface area contributed by atoms with E-state index in [1.54, 1.807) is 0 Å². The third kappa shape index (κ3) is 5.58. The quantitative estimate of drug-likeness (QED) is 0.244. The Balaban J connectivity index is 1.01. The molecule has 0 amide bonds. The molecule has 2 fully saturated rings. The Hall–Kier alpha value is -3.05. The smallest absolute Gasteiger partial charge is 0.145 e. The molecule has 0 bridgehead atoms. The van der Waals surface area contributed by atoms with Gasteiger partial charge in [-0.3, -0.25) is 4.90 Å². The summed E-state index contributed by atoms with van der Waals surface area (Å²) < 4.78 is 8.13. The zero-order valence-corrected chi connectivity index (χ0v) is 24.5. The van der Waals surface area contributed by atoms with Crippen molar-refractivity contribution in [3.63, 3.8) is 0 Å². The first kappa shape index (κ1) is 28.1. The Morgan fingerprint density at radius 2 is 1.90 bits per heavy atom. The number of H-pyrrole nitrogens is 1. The van der Waals surface area contributed by atoms with E-state index in [1.807, 2.05) is 16.8 Å².